The summed E-state index contributed by atoms with van der Waals surface area (Å²) in [5, 5.41) is 0. The van der Waals surface area contributed by atoms with Gasteiger partial charge in [0.2, 0.25) is 0 Å². The molecule has 28 heavy (non-hydrogen) atoms. The molecule has 0 saturated heterocycles. The number of carbonyl (C=O) groups excluding carboxylic acids is 2. The number of hydrogen-bond donors (Lipinski definition) is 0. The van der Waals surface area contributed by atoms with Gasteiger partial charge in [-0.25, -0.2) is 9.59 Å². The molecule has 8 heteroatoms. The highest BCUT2D eigenvalue weighted by Crippen LogP contribution is 2.46. The Balaban J connectivity index is 2.85. The first kappa shape index (κ1) is 21.8. The quantitative estimate of drug-likeness (QED) is 0.632. The van der Waals surface area contributed by atoms with E-state index in [4.69, 9.17) is 18.9 Å². The molecule has 0 N–H and O–H groups in total. The van der Waals surface area contributed by atoms with Gasteiger partial charge in [0.25, 0.3) is 0 Å². The van der Waals surface area contributed by atoms with Gasteiger partial charge in [0.1, 0.15) is 0 Å². The molecule has 1 aliphatic rings. The van der Waals surface area contributed by atoms with Crippen molar-refractivity contribution in [3.05, 3.63) is 44.7 Å². The van der Waals surface area contributed by atoms with Crippen molar-refractivity contribution in [2.24, 2.45) is 0 Å². The van der Waals surface area contributed by atoms with Crippen molar-refractivity contribution >= 4 is 27.9 Å². The minimum absolute atomic E-state index is 0.357. The summed E-state index contributed by atoms with van der Waals surface area (Å²) in [5.74, 6) is -0.745. The van der Waals surface area contributed by atoms with Gasteiger partial charge in [-0.2, -0.15) is 0 Å². The molecule has 0 atom stereocenters. The standard InChI is InChI=1S/C20H24BrNO6/c1-10-15(19(23)27-6)17(16(20(24)28-7)11(2)22(10)3)12-8-13(21)18(26-5)14(9-12)25-4/h8-9,17H,1-7H3. The zero-order chi connectivity index (χ0) is 21.2. The number of halogens is 1. The lowest BCUT2D eigenvalue weighted by molar-refractivity contribution is -0.137. The summed E-state index contributed by atoms with van der Waals surface area (Å²) < 4.78 is 21.5. The summed E-state index contributed by atoms with van der Waals surface area (Å²) in [6.45, 7) is 3.62. The third kappa shape index (κ3) is 3.61. The minimum Gasteiger partial charge on any atom is -0.493 e. The largest absolute Gasteiger partial charge is 0.493 e. The van der Waals surface area contributed by atoms with Crippen LogP contribution in [0.1, 0.15) is 25.3 Å². The van der Waals surface area contributed by atoms with Crippen LogP contribution in [0, 0.1) is 0 Å². The molecular weight excluding hydrogens is 430 g/mol. The molecule has 0 fully saturated rings. The second-order valence-electron chi connectivity index (χ2n) is 6.21. The van der Waals surface area contributed by atoms with Crippen molar-refractivity contribution in [2.75, 3.05) is 35.5 Å². The first-order chi connectivity index (χ1) is 13.2. The van der Waals surface area contributed by atoms with Crippen LogP contribution < -0.4 is 9.47 Å². The molecule has 0 saturated carbocycles. The van der Waals surface area contributed by atoms with E-state index in [1.165, 1.54) is 28.4 Å². The van der Waals surface area contributed by atoms with E-state index >= 15 is 0 Å². The number of esters is 2. The molecule has 1 heterocycles. The van der Waals surface area contributed by atoms with Crippen molar-refractivity contribution in [1.29, 1.82) is 0 Å². The lowest BCUT2D eigenvalue weighted by Crippen LogP contribution is -2.33. The van der Waals surface area contributed by atoms with Crippen LogP contribution in [-0.4, -0.2) is 52.3 Å². The summed E-state index contributed by atoms with van der Waals surface area (Å²) in [5.41, 5.74) is 2.75. The van der Waals surface area contributed by atoms with Crippen LogP contribution in [0.2, 0.25) is 0 Å². The van der Waals surface area contributed by atoms with Gasteiger partial charge in [-0.1, -0.05) is 0 Å². The Morgan fingerprint density at radius 1 is 0.929 bits per heavy atom. The third-order valence-corrected chi connectivity index (χ3v) is 5.55. The highest BCUT2D eigenvalue weighted by atomic mass is 79.9. The van der Waals surface area contributed by atoms with Gasteiger partial charge in [-0.05, 0) is 47.5 Å². The fraction of sp³-hybridized carbons (Fsp3) is 0.400. The van der Waals surface area contributed by atoms with E-state index in [1.54, 1.807) is 24.1 Å². The highest BCUT2D eigenvalue weighted by molar-refractivity contribution is 9.10. The van der Waals surface area contributed by atoms with Crippen molar-refractivity contribution in [2.45, 2.75) is 19.8 Å². The molecule has 0 aromatic heterocycles. The lowest BCUT2D eigenvalue weighted by Gasteiger charge is -2.35. The van der Waals surface area contributed by atoms with Crippen LogP contribution in [0.4, 0.5) is 0 Å². The van der Waals surface area contributed by atoms with Gasteiger partial charge in [0.05, 0.1) is 50.0 Å². The van der Waals surface area contributed by atoms with Gasteiger partial charge in [-0.3, -0.25) is 0 Å². The summed E-state index contributed by atoms with van der Waals surface area (Å²) in [4.78, 5) is 27.1. The smallest absolute Gasteiger partial charge is 0.336 e. The summed E-state index contributed by atoms with van der Waals surface area (Å²) in [7, 11) is 7.47. The molecule has 152 valence electrons. The number of allylic oxidation sites excluding steroid dienone is 2. The topological polar surface area (TPSA) is 74.3 Å². The van der Waals surface area contributed by atoms with E-state index in [0.717, 1.165) is 0 Å². The first-order valence-electron chi connectivity index (χ1n) is 8.46. The van der Waals surface area contributed by atoms with Crippen LogP contribution in [-0.2, 0) is 19.1 Å². The average Bonchev–Trinajstić information content (AvgIpc) is 2.69. The van der Waals surface area contributed by atoms with Crippen LogP contribution in [0.15, 0.2) is 39.1 Å². The molecule has 7 nitrogen and oxygen atoms in total. The number of hydrogen-bond acceptors (Lipinski definition) is 7. The SMILES string of the molecule is COC(=O)C1=C(C)N(C)C(C)=C(C(=O)OC)C1c1cc(Br)c(OC)c(OC)c1. The van der Waals surface area contributed by atoms with Crippen molar-refractivity contribution in [3.8, 4) is 11.5 Å². The van der Waals surface area contributed by atoms with Gasteiger partial charge in [-0.15, -0.1) is 0 Å². The first-order valence-corrected chi connectivity index (χ1v) is 9.25. The number of rotatable bonds is 5. The monoisotopic (exact) mass is 453 g/mol. The Bertz CT molecular complexity index is 834. The molecular formula is C20H24BrNO6. The maximum atomic E-state index is 12.7. The van der Waals surface area contributed by atoms with E-state index in [0.29, 0.717) is 44.1 Å². The lowest BCUT2D eigenvalue weighted by atomic mass is 9.79. The van der Waals surface area contributed by atoms with Crippen LogP contribution >= 0.6 is 15.9 Å². The van der Waals surface area contributed by atoms with Gasteiger partial charge in [0, 0.05) is 18.4 Å². The number of carbonyl (C=O) groups is 2. The molecule has 0 radical (unpaired) electrons. The third-order valence-electron chi connectivity index (χ3n) is 4.96. The Morgan fingerprint density at radius 3 is 1.82 bits per heavy atom. The number of methoxy groups -OCH3 is 4. The van der Waals surface area contributed by atoms with Crippen LogP contribution in [0.3, 0.4) is 0 Å². The second kappa shape index (κ2) is 8.68. The molecule has 0 spiro atoms. The molecule has 0 amide bonds. The maximum Gasteiger partial charge on any atom is 0.336 e. The molecule has 1 aromatic rings. The highest BCUT2D eigenvalue weighted by Gasteiger charge is 2.40. The number of benzene rings is 1. The molecule has 0 bridgehead atoms. The van der Waals surface area contributed by atoms with Crippen molar-refractivity contribution in [1.82, 2.24) is 4.90 Å². The predicted octanol–water partition coefficient (Wildman–Crippen LogP) is 3.39. The maximum absolute atomic E-state index is 12.7. The molecule has 1 aliphatic heterocycles. The Kier molecular flexibility index (Phi) is 6.77. The Morgan fingerprint density at radius 2 is 1.43 bits per heavy atom. The van der Waals surface area contributed by atoms with Crippen molar-refractivity contribution in [3.63, 3.8) is 0 Å². The average molecular weight is 454 g/mol. The summed E-state index contributed by atoms with van der Waals surface area (Å²) in [6, 6.07) is 3.54. The number of ether oxygens (including phenoxy) is 4. The van der Waals surface area contributed by atoms with Gasteiger partial charge >= 0.3 is 11.9 Å². The van der Waals surface area contributed by atoms with E-state index < -0.39 is 17.9 Å². The van der Waals surface area contributed by atoms with E-state index in [2.05, 4.69) is 15.9 Å². The molecule has 0 aliphatic carbocycles. The Labute approximate surface area is 173 Å². The fourth-order valence-electron chi connectivity index (χ4n) is 3.36. The van der Waals surface area contributed by atoms with Crippen LogP contribution in [0.25, 0.3) is 0 Å². The zero-order valence-corrected chi connectivity index (χ0v) is 18.6. The van der Waals surface area contributed by atoms with E-state index in [9.17, 15) is 9.59 Å². The second-order valence-corrected chi connectivity index (χ2v) is 7.07. The molecule has 0 unspecified atom stereocenters. The Hall–Kier alpha value is -2.48. The summed E-state index contributed by atoms with van der Waals surface area (Å²) >= 11 is 3.48. The van der Waals surface area contributed by atoms with Gasteiger partial charge in [0.15, 0.2) is 11.5 Å². The predicted molar refractivity (Wildman–Crippen MR) is 107 cm³/mol. The molecule has 2 rings (SSSR count). The summed E-state index contributed by atoms with van der Waals surface area (Å²) in [6.07, 6.45) is 0. The minimum atomic E-state index is -0.688. The van der Waals surface area contributed by atoms with E-state index in [1.807, 2.05) is 13.8 Å². The van der Waals surface area contributed by atoms with Crippen molar-refractivity contribution < 1.29 is 28.5 Å². The normalized spacial score (nSPS) is 14.9. The fourth-order valence-corrected chi connectivity index (χ4v) is 3.99. The zero-order valence-electron chi connectivity index (χ0n) is 17.0. The van der Waals surface area contributed by atoms with Gasteiger partial charge < -0.3 is 23.8 Å². The number of nitrogens with zero attached hydrogens (tertiary/aromatic N) is 1. The van der Waals surface area contributed by atoms with E-state index in [-0.39, 0.29) is 0 Å². The van der Waals surface area contributed by atoms with Crippen LogP contribution in [0.5, 0.6) is 11.5 Å². The molecule has 1 aromatic carbocycles.